The van der Waals surface area contributed by atoms with Crippen molar-refractivity contribution >= 4 is 51.1 Å². The van der Waals surface area contributed by atoms with Gasteiger partial charge < -0.3 is 0 Å². The molecule has 0 unspecified atom stereocenters. The summed E-state index contributed by atoms with van der Waals surface area (Å²) in [6.45, 7) is 0. The van der Waals surface area contributed by atoms with E-state index in [1.165, 1.54) is 24.3 Å². The highest BCUT2D eigenvalue weighted by Crippen LogP contribution is 2.35. The third-order valence-corrected chi connectivity index (χ3v) is 5.50. The third-order valence-electron chi connectivity index (χ3n) is 2.53. The maximum Gasteiger partial charge on any atom is 0.417 e. The molecule has 0 N–H and O–H groups in total. The second kappa shape index (κ2) is 8.13. The van der Waals surface area contributed by atoms with Crippen LogP contribution in [0.15, 0.2) is 58.3 Å². The highest BCUT2D eigenvalue weighted by molar-refractivity contribution is 8.14. The van der Waals surface area contributed by atoms with Crippen molar-refractivity contribution < 1.29 is 30.0 Å². The van der Waals surface area contributed by atoms with Gasteiger partial charge in [-0.2, -0.15) is 13.2 Å². The van der Waals surface area contributed by atoms with Gasteiger partial charge in [-0.25, -0.2) is 16.8 Å². The monoisotopic (exact) mass is 454 g/mol. The molecule has 0 aliphatic rings. The minimum Gasteiger partial charge on any atom is -0.207 e. The van der Waals surface area contributed by atoms with Crippen LogP contribution < -0.4 is 0 Å². The van der Waals surface area contributed by atoms with Crippen LogP contribution in [0.1, 0.15) is 5.56 Å². The smallest absolute Gasteiger partial charge is 0.207 e. The molecule has 4 nitrogen and oxygen atoms in total. The summed E-state index contributed by atoms with van der Waals surface area (Å²) in [6, 6.07) is 9.52. The van der Waals surface area contributed by atoms with Crippen LogP contribution in [-0.2, 0) is 24.3 Å². The zero-order valence-electron chi connectivity index (χ0n) is 11.8. The van der Waals surface area contributed by atoms with Crippen molar-refractivity contribution in [1.82, 2.24) is 0 Å². The molecule has 0 saturated heterocycles. The Bertz CT molecular complexity index is 958. The van der Waals surface area contributed by atoms with E-state index in [0.717, 1.165) is 12.1 Å². The van der Waals surface area contributed by atoms with Crippen molar-refractivity contribution in [3.8, 4) is 0 Å². The minimum absolute atomic E-state index is 0.0201. The highest BCUT2D eigenvalue weighted by Gasteiger charge is 2.36. The quantitative estimate of drug-likeness (QED) is 0.604. The fraction of sp³-hybridized carbons (Fsp3) is 0.0769. The fourth-order valence-electron chi connectivity index (χ4n) is 1.53. The van der Waals surface area contributed by atoms with Crippen molar-refractivity contribution in [1.29, 1.82) is 0 Å². The first-order valence-electron chi connectivity index (χ1n) is 6.04. The van der Waals surface area contributed by atoms with E-state index in [1.807, 2.05) is 0 Å². The number of rotatable bonds is 2. The lowest BCUT2D eigenvalue weighted by atomic mass is 10.2. The Morgan fingerprint density at radius 3 is 1.72 bits per heavy atom. The fourth-order valence-corrected chi connectivity index (χ4v) is 3.68. The molecule has 138 valence electrons. The Labute approximate surface area is 156 Å². The predicted octanol–water partition coefficient (Wildman–Crippen LogP) is 4.90. The first kappa shape index (κ1) is 22.0. The summed E-state index contributed by atoms with van der Waals surface area (Å²) in [7, 11) is 1.88. The Balaban J connectivity index is 0.000000257. The average Bonchev–Trinajstić information content (AvgIpc) is 2.45. The van der Waals surface area contributed by atoms with E-state index in [2.05, 4.69) is 0 Å². The molecule has 0 aliphatic carbocycles. The first-order chi connectivity index (χ1) is 11.2. The molecule has 0 radical (unpaired) electrons. The van der Waals surface area contributed by atoms with E-state index in [4.69, 9.17) is 33.0 Å². The Morgan fingerprint density at radius 1 is 0.800 bits per heavy atom. The van der Waals surface area contributed by atoms with Gasteiger partial charge in [-0.05, 0) is 30.3 Å². The summed E-state index contributed by atoms with van der Waals surface area (Å²) < 4.78 is 79.7. The predicted molar refractivity (Wildman–Crippen MR) is 89.0 cm³/mol. The lowest BCUT2D eigenvalue weighted by Gasteiger charge is -2.09. The molecular weight excluding hydrogens is 448 g/mol. The van der Waals surface area contributed by atoms with Crippen molar-refractivity contribution in [2.45, 2.75) is 16.0 Å². The first-order valence-corrected chi connectivity index (χ1v) is 11.0. The van der Waals surface area contributed by atoms with Crippen LogP contribution in [-0.4, -0.2) is 16.8 Å². The summed E-state index contributed by atoms with van der Waals surface area (Å²) in [5.41, 5.74) is -1.25. The molecule has 0 heterocycles. The Morgan fingerprint density at radius 2 is 1.36 bits per heavy atom. The molecule has 0 atom stereocenters. The SMILES string of the molecule is O=S(=O)(Cl)c1cccc(Cl)c1.O=S(=O)(Cl)c1ccccc1C(F)(F)F. The summed E-state index contributed by atoms with van der Waals surface area (Å²) in [5.74, 6) is 0. The molecule has 0 spiro atoms. The molecular formula is C13H8Cl3F3O4S2. The topological polar surface area (TPSA) is 68.3 Å². The molecule has 2 aromatic carbocycles. The van der Waals surface area contributed by atoms with Crippen LogP contribution in [0.5, 0.6) is 0 Å². The largest absolute Gasteiger partial charge is 0.417 e. The van der Waals surface area contributed by atoms with Crippen LogP contribution in [0, 0.1) is 0 Å². The summed E-state index contributed by atoms with van der Waals surface area (Å²) >= 11 is 5.53. The van der Waals surface area contributed by atoms with Gasteiger partial charge in [0.2, 0.25) is 0 Å². The van der Waals surface area contributed by atoms with Crippen LogP contribution >= 0.6 is 33.0 Å². The van der Waals surface area contributed by atoms with Crippen molar-refractivity contribution in [2.24, 2.45) is 0 Å². The Hall–Kier alpha value is -1.00. The second-order valence-electron chi connectivity index (χ2n) is 4.33. The highest BCUT2D eigenvalue weighted by atomic mass is 35.7. The number of halogens is 6. The summed E-state index contributed by atoms with van der Waals surface area (Å²) in [4.78, 5) is -0.902. The van der Waals surface area contributed by atoms with Crippen LogP contribution in [0.2, 0.25) is 5.02 Å². The van der Waals surface area contributed by atoms with Crippen LogP contribution in [0.25, 0.3) is 0 Å². The third kappa shape index (κ3) is 7.02. The lowest BCUT2D eigenvalue weighted by molar-refractivity contribution is -0.139. The molecule has 2 rings (SSSR count). The van der Waals surface area contributed by atoms with Crippen molar-refractivity contribution in [3.05, 3.63) is 59.1 Å². The molecule has 0 saturated carbocycles. The van der Waals surface area contributed by atoms with E-state index in [1.54, 1.807) is 6.07 Å². The van der Waals surface area contributed by atoms with Crippen LogP contribution in [0.4, 0.5) is 13.2 Å². The molecule has 12 heteroatoms. The zero-order chi connectivity index (χ0) is 19.5. The molecule has 0 bridgehead atoms. The molecule has 0 amide bonds. The number of hydrogen-bond acceptors (Lipinski definition) is 4. The van der Waals surface area contributed by atoms with Gasteiger partial charge >= 0.3 is 6.18 Å². The van der Waals surface area contributed by atoms with Gasteiger partial charge in [-0.15, -0.1) is 0 Å². The summed E-state index contributed by atoms with van der Waals surface area (Å²) in [5, 5.41) is 0.353. The van der Waals surface area contributed by atoms with E-state index in [9.17, 15) is 30.0 Å². The molecule has 25 heavy (non-hydrogen) atoms. The van der Waals surface area contributed by atoms with E-state index >= 15 is 0 Å². The zero-order valence-corrected chi connectivity index (χ0v) is 15.7. The summed E-state index contributed by atoms with van der Waals surface area (Å²) in [6.07, 6.45) is -4.72. The van der Waals surface area contributed by atoms with Gasteiger partial charge in [0.25, 0.3) is 18.1 Å². The Kier molecular flexibility index (Phi) is 7.17. The van der Waals surface area contributed by atoms with Gasteiger partial charge in [0.15, 0.2) is 0 Å². The van der Waals surface area contributed by atoms with Gasteiger partial charge in [0.05, 0.1) is 15.4 Å². The van der Waals surface area contributed by atoms with Gasteiger partial charge in [0.1, 0.15) is 0 Å². The van der Waals surface area contributed by atoms with Crippen LogP contribution in [0.3, 0.4) is 0 Å². The van der Waals surface area contributed by atoms with Gasteiger partial charge in [-0.1, -0.05) is 29.8 Å². The number of alkyl halides is 3. The van der Waals surface area contributed by atoms with E-state index in [0.29, 0.717) is 11.1 Å². The lowest BCUT2D eigenvalue weighted by Crippen LogP contribution is -2.10. The van der Waals surface area contributed by atoms with Crippen molar-refractivity contribution in [2.75, 3.05) is 0 Å². The number of benzene rings is 2. The standard InChI is InChI=1S/C7H4ClF3O2S.C6H4Cl2O2S/c8-14(12,13)6-4-2-1-3-5(6)7(9,10)11;7-5-2-1-3-6(4-5)11(8,9)10/h1-4H;1-4H. The maximum absolute atomic E-state index is 12.3. The minimum atomic E-state index is -4.72. The van der Waals surface area contributed by atoms with Gasteiger partial charge in [-0.3, -0.25) is 0 Å². The maximum atomic E-state index is 12.3. The average molecular weight is 456 g/mol. The second-order valence-corrected chi connectivity index (χ2v) is 9.86. The molecule has 0 fully saturated rings. The van der Waals surface area contributed by atoms with Crippen molar-refractivity contribution in [3.63, 3.8) is 0 Å². The van der Waals surface area contributed by atoms with Gasteiger partial charge in [0, 0.05) is 26.4 Å². The van der Waals surface area contributed by atoms with E-state index in [-0.39, 0.29) is 4.90 Å². The van der Waals surface area contributed by atoms with E-state index < -0.39 is 34.7 Å². The molecule has 2 aromatic rings. The molecule has 0 aromatic heterocycles. The normalized spacial score (nSPS) is 12.2. The number of hydrogen-bond donors (Lipinski definition) is 0. The molecule has 0 aliphatic heterocycles.